The van der Waals surface area contributed by atoms with Crippen LogP contribution in [0, 0.1) is 0 Å². The average molecular weight is 260 g/mol. The van der Waals surface area contributed by atoms with Gasteiger partial charge in [0.25, 0.3) is 5.91 Å². The summed E-state index contributed by atoms with van der Waals surface area (Å²) in [6, 6.07) is 7.21. The van der Waals surface area contributed by atoms with Crippen LogP contribution in [0.5, 0.6) is 5.75 Å². The zero-order valence-corrected chi connectivity index (χ0v) is 10.7. The van der Waals surface area contributed by atoms with Gasteiger partial charge in [-0.25, -0.2) is 4.98 Å². The Morgan fingerprint density at radius 1 is 1.47 bits per heavy atom. The van der Waals surface area contributed by atoms with Crippen LogP contribution in [0.3, 0.4) is 0 Å². The van der Waals surface area contributed by atoms with E-state index < -0.39 is 0 Å². The molecule has 6 nitrogen and oxygen atoms in total. The van der Waals surface area contributed by atoms with Crippen molar-refractivity contribution in [3.05, 3.63) is 42.5 Å². The van der Waals surface area contributed by atoms with E-state index in [-0.39, 0.29) is 5.91 Å². The highest BCUT2D eigenvalue weighted by Gasteiger charge is 2.11. The molecule has 1 aromatic carbocycles. The molecule has 100 valence electrons. The zero-order chi connectivity index (χ0) is 13.7. The standard InChI is InChI=1S/C13H16N4O2/c1-19-12-5-3-2-4-10(12)16-13(18)11-8-17(7-6-14)9-15-11/h2-5,8-9H,6-7,14H2,1H3,(H,16,18). The molecule has 19 heavy (non-hydrogen) atoms. The molecule has 0 saturated heterocycles. The summed E-state index contributed by atoms with van der Waals surface area (Å²) in [4.78, 5) is 16.1. The van der Waals surface area contributed by atoms with Gasteiger partial charge in [-0.1, -0.05) is 12.1 Å². The molecule has 0 radical (unpaired) electrons. The second kappa shape index (κ2) is 6.01. The van der Waals surface area contributed by atoms with Gasteiger partial charge in [0.05, 0.1) is 19.1 Å². The molecule has 2 rings (SSSR count). The second-order valence-electron chi connectivity index (χ2n) is 3.94. The van der Waals surface area contributed by atoms with Crippen LogP contribution in [0.4, 0.5) is 5.69 Å². The lowest BCUT2D eigenvalue weighted by molar-refractivity contribution is 0.102. The van der Waals surface area contributed by atoms with Gasteiger partial charge in [-0.15, -0.1) is 0 Å². The fraction of sp³-hybridized carbons (Fsp3) is 0.231. The van der Waals surface area contributed by atoms with E-state index in [4.69, 9.17) is 10.5 Å². The van der Waals surface area contributed by atoms with Crippen molar-refractivity contribution in [3.63, 3.8) is 0 Å². The summed E-state index contributed by atoms with van der Waals surface area (Å²) >= 11 is 0. The number of hydrogen-bond acceptors (Lipinski definition) is 4. The molecule has 1 aromatic heterocycles. The average Bonchev–Trinajstić information content (AvgIpc) is 2.88. The molecular formula is C13H16N4O2. The topological polar surface area (TPSA) is 82.2 Å². The Morgan fingerprint density at radius 3 is 3.00 bits per heavy atom. The van der Waals surface area contributed by atoms with Crippen molar-refractivity contribution in [2.24, 2.45) is 5.73 Å². The van der Waals surface area contributed by atoms with E-state index in [2.05, 4.69) is 10.3 Å². The van der Waals surface area contributed by atoms with Crippen molar-refractivity contribution in [2.45, 2.75) is 6.54 Å². The first kappa shape index (κ1) is 13.1. The Bertz CT molecular complexity index is 565. The molecule has 3 N–H and O–H groups in total. The Hall–Kier alpha value is -2.34. The highest BCUT2D eigenvalue weighted by molar-refractivity contribution is 6.03. The van der Waals surface area contributed by atoms with Crippen LogP contribution < -0.4 is 15.8 Å². The largest absolute Gasteiger partial charge is 0.495 e. The lowest BCUT2D eigenvalue weighted by Gasteiger charge is -2.08. The molecule has 2 aromatic rings. The van der Waals surface area contributed by atoms with E-state index in [0.29, 0.717) is 30.2 Å². The maximum absolute atomic E-state index is 12.0. The minimum absolute atomic E-state index is 0.278. The van der Waals surface area contributed by atoms with Crippen LogP contribution in [0.25, 0.3) is 0 Å². The highest BCUT2D eigenvalue weighted by Crippen LogP contribution is 2.23. The summed E-state index contributed by atoms with van der Waals surface area (Å²) < 4.78 is 6.94. The summed E-state index contributed by atoms with van der Waals surface area (Å²) in [7, 11) is 1.56. The van der Waals surface area contributed by atoms with E-state index >= 15 is 0 Å². The molecule has 0 fully saturated rings. The number of imidazole rings is 1. The van der Waals surface area contributed by atoms with Crippen LogP contribution in [0.15, 0.2) is 36.8 Å². The number of amides is 1. The van der Waals surface area contributed by atoms with Crippen molar-refractivity contribution < 1.29 is 9.53 Å². The van der Waals surface area contributed by atoms with Gasteiger partial charge in [-0.05, 0) is 12.1 Å². The Balaban J connectivity index is 2.11. The van der Waals surface area contributed by atoms with E-state index in [1.54, 1.807) is 36.3 Å². The molecule has 1 amide bonds. The van der Waals surface area contributed by atoms with Gasteiger partial charge in [0, 0.05) is 19.3 Å². The van der Waals surface area contributed by atoms with E-state index in [9.17, 15) is 4.79 Å². The van der Waals surface area contributed by atoms with Crippen LogP contribution in [0.1, 0.15) is 10.5 Å². The minimum atomic E-state index is -0.278. The monoisotopic (exact) mass is 260 g/mol. The van der Waals surface area contributed by atoms with Gasteiger partial charge < -0.3 is 20.4 Å². The van der Waals surface area contributed by atoms with E-state index in [1.165, 1.54) is 0 Å². The number of hydrogen-bond donors (Lipinski definition) is 2. The number of nitrogens with zero attached hydrogens (tertiary/aromatic N) is 2. The number of anilines is 1. The molecule has 0 aliphatic carbocycles. The smallest absolute Gasteiger partial charge is 0.275 e. The van der Waals surface area contributed by atoms with Crippen LogP contribution in [-0.2, 0) is 6.54 Å². The Labute approximate surface area is 111 Å². The SMILES string of the molecule is COc1ccccc1NC(=O)c1cn(CCN)cn1. The third-order valence-electron chi connectivity index (χ3n) is 2.61. The molecule has 0 spiro atoms. The van der Waals surface area contributed by atoms with Crippen LogP contribution in [-0.4, -0.2) is 29.1 Å². The number of aromatic nitrogens is 2. The van der Waals surface area contributed by atoms with Crippen molar-refractivity contribution in [2.75, 3.05) is 19.0 Å². The number of para-hydroxylation sites is 2. The summed E-state index contributed by atoms with van der Waals surface area (Å²) in [6.07, 6.45) is 3.25. The second-order valence-corrected chi connectivity index (χ2v) is 3.94. The summed E-state index contributed by atoms with van der Waals surface area (Å²) in [6.45, 7) is 1.14. The quantitative estimate of drug-likeness (QED) is 0.843. The number of rotatable bonds is 5. The fourth-order valence-electron chi connectivity index (χ4n) is 1.68. The molecule has 0 bridgehead atoms. The van der Waals surface area contributed by atoms with E-state index in [0.717, 1.165) is 0 Å². The molecule has 0 unspecified atom stereocenters. The molecule has 0 aliphatic rings. The van der Waals surface area contributed by atoms with Gasteiger partial charge in [-0.3, -0.25) is 4.79 Å². The number of benzene rings is 1. The lowest BCUT2D eigenvalue weighted by atomic mass is 10.3. The first-order valence-electron chi connectivity index (χ1n) is 5.91. The lowest BCUT2D eigenvalue weighted by Crippen LogP contribution is -2.13. The number of nitrogens with two attached hydrogens (primary N) is 1. The molecule has 0 saturated carbocycles. The number of carbonyl (C=O) groups excluding carboxylic acids is 1. The van der Waals surface area contributed by atoms with Gasteiger partial charge in [0.2, 0.25) is 0 Å². The third-order valence-corrected chi connectivity index (χ3v) is 2.61. The predicted molar refractivity (Wildman–Crippen MR) is 72.2 cm³/mol. The number of nitrogens with one attached hydrogen (secondary N) is 1. The predicted octanol–water partition coefficient (Wildman–Crippen LogP) is 1.10. The number of carbonyl (C=O) groups is 1. The zero-order valence-electron chi connectivity index (χ0n) is 10.7. The van der Waals surface area contributed by atoms with Crippen molar-refractivity contribution in [3.8, 4) is 5.75 Å². The number of ether oxygens (including phenoxy) is 1. The maximum atomic E-state index is 12.0. The molecule has 0 atom stereocenters. The van der Waals surface area contributed by atoms with E-state index in [1.807, 2.05) is 12.1 Å². The summed E-state index contributed by atoms with van der Waals surface area (Å²) in [5.41, 5.74) is 6.40. The molecular weight excluding hydrogens is 244 g/mol. The van der Waals surface area contributed by atoms with Crippen LogP contribution in [0.2, 0.25) is 0 Å². The van der Waals surface area contributed by atoms with Gasteiger partial charge in [0.1, 0.15) is 11.4 Å². The normalized spacial score (nSPS) is 10.2. The third kappa shape index (κ3) is 3.11. The Kier molecular flexibility index (Phi) is 4.15. The molecule has 0 aliphatic heterocycles. The first-order chi connectivity index (χ1) is 9.24. The number of methoxy groups -OCH3 is 1. The van der Waals surface area contributed by atoms with Crippen molar-refractivity contribution in [1.29, 1.82) is 0 Å². The van der Waals surface area contributed by atoms with Crippen LogP contribution >= 0.6 is 0 Å². The molecule has 6 heteroatoms. The maximum Gasteiger partial charge on any atom is 0.275 e. The first-order valence-corrected chi connectivity index (χ1v) is 5.91. The van der Waals surface area contributed by atoms with Crippen molar-refractivity contribution in [1.82, 2.24) is 9.55 Å². The van der Waals surface area contributed by atoms with Gasteiger partial charge in [-0.2, -0.15) is 0 Å². The van der Waals surface area contributed by atoms with Crippen molar-refractivity contribution >= 4 is 11.6 Å². The fourth-order valence-corrected chi connectivity index (χ4v) is 1.68. The Morgan fingerprint density at radius 2 is 2.26 bits per heavy atom. The molecule has 1 heterocycles. The summed E-state index contributed by atoms with van der Waals surface area (Å²) in [5, 5.41) is 2.76. The minimum Gasteiger partial charge on any atom is -0.495 e. The summed E-state index contributed by atoms with van der Waals surface area (Å²) in [5.74, 6) is 0.331. The highest BCUT2D eigenvalue weighted by atomic mass is 16.5. The van der Waals surface area contributed by atoms with Gasteiger partial charge >= 0.3 is 0 Å². The van der Waals surface area contributed by atoms with Gasteiger partial charge in [0.15, 0.2) is 0 Å².